The number of para-hydroxylation sites is 1. The highest BCUT2D eigenvalue weighted by Gasteiger charge is 2.02. The average Bonchev–Trinajstić information content (AvgIpc) is 2.29. The molecule has 3 rings (SSSR count). The van der Waals surface area contributed by atoms with Crippen LogP contribution in [0.15, 0.2) is 48.7 Å². The van der Waals surface area contributed by atoms with Crippen molar-refractivity contribution >= 4 is 44.3 Å². The van der Waals surface area contributed by atoms with Crippen molar-refractivity contribution in [2.45, 2.75) is 0 Å². The van der Waals surface area contributed by atoms with E-state index < -0.39 is 0 Å². The average molecular weight is 305 g/mol. The topological polar surface area (TPSA) is 12.9 Å². The highest BCUT2D eigenvalue weighted by Crippen LogP contribution is 2.25. The molecule has 2 aromatic carbocycles. The minimum Gasteiger partial charge on any atom is -0.254 e. The molecule has 72 valence electrons. The summed E-state index contributed by atoms with van der Waals surface area (Å²) in [7, 11) is 0. The van der Waals surface area contributed by atoms with Crippen LogP contribution in [0.2, 0.25) is 0 Å². The molecule has 1 aromatic heterocycles. The van der Waals surface area contributed by atoms with Crippen molar-refractivity contribution in [3.05, 3.63) is 52.2 Å². The number of halogens is 1. The first-order valence-corrected chi connectivity index (χ1v) is 5.86. The Labute approximate surface area is 101 Å². The summed E-state index contributed by atoms with van der Waals surface area (Å²) in [6.45, 7) is 0. The molecule has 0 saturated carbocycles. The Bertz CT molecular complexity index is 646. The molecule has 1 nitrogen and oxygen atoms in total. The van der Waals surface area contributed by atoms with E-state index in [0.717, 1.165) is 5.52 Å². The second-order valence-corrected chi connectivity index (χ2v) is 4.64. The molecule has 0 saturated heterocycles. The van der Waals surface area contributed by atoms with Crippen LogP contribution in [-0.2, 0) is 0 Å². The highest BCUT2D eigenvalue weighted by molar-refractivity contribution is 14.1. The molecule has 0 amide bonds. The molecule has 0 bridgehead atoms. The first kappa shape index (κ1) is 9.09. The van der Waals surface area contributed by atoms with E-state index in [2.05, 4.69) is 64.0 Å². The summed E-state index contributed by atoms with van der Waals surface area (Å²) >= 11 is 2.33. The Hall–Kier alpha value is -1.16. The summed E-state index contributed by atoms with van der Waals surface area (Å²) in [5.41, 5.74) is 1.09. The standard InChI is InChI=1S/C13H8IN/c14-12-7-3-6-11-10-5-2-1-4-9(10)8-15-13(11)12/h1-8H. The molecule has 0 radical (unpaired) electrons. The fourth-order valence-electron chi connectivity index (χ4n) is 1.85. The monoisotopic (exact) mass is 305 g/mol. The third-order valence-corrected chi connectivity index (χ3v) is 3.44. The van der Waals surface area contributed by atoms with Gasteiger partial charge in [0.1, 0.15) is 0 Å². The molecule has 0 aliphatic carbocycles. The summed E-state index contributed by atoms with van der Waals surface area (Å²) in [5.74, 6) is 0. The molecule has 15 heavy (non-hydrogen) atoms. The Kier molecular flexibility index (Phi) is 2.09. The van der Waals surface area contributed by atoms with Gasteiger partial charge in [-0.15, -0.1) is 0 Å². The van der Waals surface area contributed by atoms with Crippen LogP contribution in [0, 0.1) is 3.57 Å². The maximum atomic E-state index is 4.50. The van der Waals surface area contributed by atoms with Crippen molar-refractivity contribution in [3.63, 3.8) is 0 Å². The van der Waals surface area contributed by atoms with Gasteiger partial charge in [-0.05, 0) is 34.0 Å². The number of pyridine rings is 1. The molecule has 0 aliphatic heterocycles. The first-order valence-electron chi connectivity index (χ1n) is 4.78. The first-order chi connectivity index (χ1) is 7.36. The van der Waals surface area contributed by atoms with Gasteiger partial charge in [0.25, 0.3) is 0 Å². The summed E-state index contributed by atoms with van der Waals surface area (Å²) < 4.78 is 1.20. The lowest BCUT2D eigenvalue weighted by Crippen LogP contribution is -1.84. The molecule has 0 atom stereocenters. The maximum absolute atomic E-state index is 4.50. The van der Waals surface area contributed by atoms with Gasteiger partial charge in [0.15, 0.2) is 0 Å². The SMILES string of the molecule is Ic1cccc2c1ncc1ccccc12. The van der Waals surface area contributed by atoms with Crippen LogP contribution in [0.1, 0.15) is 0 Å². The van der Waals surface area contributed by atoms with Gasteiger partial charge in [-0.2, -0.15) is 0 Å². The van der Waals surface area contributed by atoms with Gasteiger partial charge >= 0.3 is 0 Å². The second-order valence-electron chi connectivity index (χ2n) is 3.48. The molecule has 0 aliphatic rings. The van der Waals surface area contributed by atoms with E-state index in [1.807, 2.05) is 12.3 Å². The summed E-state index contributed by atoms with van der Waals surface area (Å²) in [6, 6.07) is 14.7. The van der Waals surface area contributed by atoms with Crippen molar-refractivity contribution in [1.29, 1.82) is 0 Å². The predicted molar refractivity (Wildman–Crippen MR) is 72.0 cm³/mol. The Morgan fingerprint density at radius 1 is 0.867 bits per heavy atom. The van der Waals surface area contributed by atoms with Gasteiger partial charge in [0, 0.05) is 20.5 Å². The van der Waals surface area contributed by atoms with Gasteiger partial charge in [0.05, 0.1) is 5.52 Å². The Morgan fingerprint density at radius 3 is 2.60 bits per heavy atom. The number of rotatable bonds is 0. The minimum absolute atomic E-state index is 1.09. The smallest absolute Gasteiger partial charge is 0.0841 e. The number of fused-ring (bicyclic) bond motifs is 3. The van der Waals surface area contributed by atoms with Gasteiger partial charge in [-0.25, -0.2) is 0 Å². The van der Waals surface area contributed by atoms with Crippen LogP contribution in [0.4, 0.5) is 0 Å². The third kappa shape index (κ3) is 1.40. The largest absolute Gasteiger partial charge is 0.254 e. The summed E-state index contributed by atoms with van der Waals surface area (Å²) in [4.78, 5) is 4.50. The number of hydrogen-bond donors (Lipinski definition) is 0. The molecular weight excluding hydrogens is 297 g/mol. The van der Waals surface area contributed by atoms with E-state index in [1.54, 1.807) is 0 Å². The molecule has 2 heteroatoms. The lowest BCUT2D eigenvalue weighted by molar-refractivity contribution is 1.43. The van der Waals surface area contributed by atoms with Crippen LogP contribution < -0.4 is 0 Å². The van der Waals surface area contributed by atoms with Crippen molar-refractivity contribution in [3.8, 4) is 0 Å². The molecule has 0 spiro atoms. The fraction of sp³-hybridized carbons (Fsp3) is 0. The van der Waals surface area contributed by atoms with E-state index in [9.17, 15) is 0 Å². The summed E-state index contributed by atoms with van der Waals surface area (Å²) in [6.07, 6.45) is 1.94. The lowest BCUT2D eigenvalue weighted by atomic mass is 10.1. The molecule has 1 heterocycles. The molecule has 3 aromatic rings. The zero-order valence-corrected chi connectivity index (χ0v) is 10.1. The fourth-order valence-corrected chi connectivity index (χ4v) is 2.49. The normalized spacial score (nSPS) is 11.0. The quantitative estimate of drug-likeness (QED) is 0.452. The van der Waals surface area contributed by atoms with Crippen molar-refractivity contribution in [2.75, 3.05) is 0 Å². The van der Waals surface area contributed by atoms with Crippen LogP contribution in [0.5, 0.6) is 0 Å². The van der Waals surface area contributed by atoms with Gasteiger partial charge in [0.2, 0.25) is 0 Å². The second kappa shape index (κ2) is 3.45. The predicted octanol–water partition coefficient (Wildman–Crippen LogP) is 3.99. The van der Waals surface area contributed by atoms with E-state index in [-0.39, 0.29) is 0 Å². The van der Waals surface area contributed by atoms with Crippen LogP contribution in [0.3, 0.4) is 0 Å². The van der Waals surface area contributed by atoms with Gasteiger partial charge < -0.3 is 0 Å². The molecule has 0 N–H and O–H groups in total. The Morgan fingerprint density at radius 2 is 1.67 bits per heavy atom. The van der Waals surface area contributed by atoms with Crippen molar-refractivity contribution in [1.82, 2.24) is 4.98 Å². The van der Waals surface area contributed by atoms with Crippen LogP contribution >= 0.6 is 22.6 Å². The van der Waals surface area contributed by atoms with E-state index in [1.165, 1.54) is 19.7 Å². The number of hydrogen-bond acceptors (Lipinski definition) is 1. The van der Waals surface area contributed by atoms with E-state index >= 15 is 0 Å². The maximum Gasteiger partial charge on any atom is 0.0841 e. The zero-order valence-electron chi connectivity index (χ0n) is 7.94. The molecular formula is C13H8IN. The van der Waals surface area contributed by atoms with E-state index in [4.69, 9.17) is 0 Å². The van der Waals surface area contributed by atoms with Crippen LogP contribution in [-0.4, -0.2) is 4.98 Å². The number of nitrogens with zero attached hydrogens (tertiary/aromatic N) is 1. The number of aromatic nitrogens is 1. The molecule has 0 unspecified atom stereocenters. The Balaban J connectivity index is 2.60. The highest BCUT2D eigenvalue weighted by atomic mass is 127. The third-order valence-electron chi connectivity index (χ3n) is 2.57. The minimum atomic E-state index is 1.09. The molecule has 0 fully saturated rings. The van der Waals surface area contributed by atoms with Crippen molar-refractivity contribution in [2.24, 2.45) is 0 Å². The van der Waals surface area contributed by atoms with Gasteiger partial charge in [-0.1, -0.05) is 36.4 Å². The number of benzene rings is 2. The zero-order chi connectivity index (χ0) is 10.3. The van der Waals surface area contributed by atoms with E-state index in [0.29, 0.717) is 0 Å². The van der Waals surface area contributed by atoms with Gasteiger partial charge in [-0.3, -0.25) is 4.98 Å². The summed E-state index contributed by atoms with van der Waals surface area (Å²) in [5, 5.41) is 3.72. The van der Waals surface area contributed by atoms with Crippen LogP contribution in [0.25, 0.3) is 21.7 Å². The van der Waals surface area contributed by atoms with Crippen molar-refractivity contribution < 1.29 is 0 Å². The lowest BCUT2D eigenvalue weighted by Gasteiger charge is -2.03.